The number of non-ortho nitro benzene ring substituents is 1. The van der Waals surface area contributed by atoms with E-state index in [9.17, 15) is 14.9 Å². The van der Waals surface area contributed by atoms with Gasteiger partial charge in [0.05, 0.1) is 23.6 Å². The maximum absolute atomic E-state index is 11.6. The Hall–Kier alpha value is -1.99. The number of ether oxygens (including phenoxy) is 1. The van der Waals surface area contributed by atoms with Crippen molar-refractivity contribution in [1.82, 2.24) is 5.06 Å². The Kier molecular flexibility index (Phi) is 5.22. The van der Waals surface area contributed by atoms with E-state index in [-0.39, 0.29) is 11.3 Å². The average Bonchev–Trinajstić information content (AvgIpc) is 2.36. The van der Waals surface area contributed by atoms with Gasteiger partial charge in [-0.3, -0.25) is 10.1 Å². The molecule has 0 aliphatic rings. The maximum atomic E-state index is 11.6. The normalized spacial score (nSPS) is 10.4. The quantitative estimate of drug-likeness (QED) is 0.561. The summed E-state index contributed by atoms with van der Waals surface area (Å²) in [4.78, 5) is 26.5. The van der Waals surface area contributed by atoms with Crippen molar-refractivity contribution in [3.8, 4) is 0 Å². The fourth-order valence-corrected chi connectivity index (χ4v) is 1.18. The minimum atomic E-state index is -0.566. The number of hydrogen-bond acceptors (Lipinski definition) is 6. The molecule has 98 valence electrons. The molecular formula is C11H14N2O5. The summed E-state index contributed by atoms with van der Waals surface area (Å²) < 4.78 is 4.83. The van der Waals surface area contributed by atoms with Crippen LogP contribution < -0.4 is 0 Å². The number of benzene rings is 1. The maximum Gasteiger partial charge on any atom is 0.357 e. The highest BCUT2D eigenvalue weighted by Crippen LogP contribution is 2.12. The molecule has 1 aromatic carbocycles. The van der Waals surface area contributed by atoms with Crippen LogP contribution in [0.4, 0.5) is 5.69 Å². The first kappa shape index (κ1) is 14.1. The van der Waals surface area contributed by atoms with Crippen molar-refractivity contribution < 1.29 is 19.3 Å². The van der Waals surface area contributed by atoms with Crippen molar-refractivity contribution in [3.63, 3.8) is 0 Å². The van der Waals surface area contributed by atoms with Crippen molar-refractivity contribution in [1.29, 1.82) is 0 Å². The van der Waals surface area contributed by atoms with E-state index in [1.165, 1.54) is 29.3 Å². The summed E-state index contributed by atoms with van der Waals surface area (Å²) in [5.74, 6) is -0.566. The highest BCUT2D eigenvalue weighted by Gasteiger charge is 2.12. The smallest absolute Gasteiger partial charge is 0.357 e. The molecule has 7 nitrogen and oxygen atoms in total. The van der Waals surface area contributed by atoms with Gasteiger partial charge in [0, 0.05) is 26.3 Å². The molecule has 0 N–H and O–H groups in total. The number of likely N-dealkylation sites (N-methyl/N-ethyl adjacent to an activating group) is 1. The lowest BCUT2D eigenvalue weighted by Gasteiger charge is -2.15. The van der Waals surface area contributed by atoms with Crippen molar-refractivity contribution in [3.05, 3.63) is 39.9 Å². The Morgan fingerprint density at radius 1 is 1.39 bits per heavy atom. The predicted molar refractivity (Wildman–Crippen MR) is 63.0 cm³/mol. The predicted octanol–water partition coefficient (Wildman–Crippen LogP) is 1.24. The second kappa shape index (κ2) is 6.67. The summed E-state index contributed by atoms with van der Waals surface area (Å²) in [5.41, 5.74) is 0.184. The van der Waals surface area contributed by atoms with Crippen LogP contribution in [0.2, 0.25) is 0 Å². The fourth-order valence-electron chi connectivity index (χ4n) is 1.18. The molecule has 0 amide bonds. The molecule has 1 rings (SSSR count). The zero-order valence-corrected chi connectivity index (χ0v) is 10.2. The Bertz CT molecular complexity index is 418. The van der Waals surface area contributed by atoms with Crippen molar-refractivity contribution in [2.24, 2.45) is 0 Å². The zero-order chi connectivity index (χ0) is 13.5. The van der Waals surface area contributed by atoms with Crippen LogP contribution in [0.5, 0.6) is 0 Å². The number of carbonyl (C=O) groups excluding carboxylic acids is 1. The molecule has 0 heterocycles. The molecule has 18 heavy (non-hydrogen) atoms. The van der Waals surface area contributed by atoms with Gasteiger partial charge < -0.3 is 9.57 Å². The highest BCUT2D eigenvalue weighted by molar-refractivity contribution is 5.89. The van der Waals surface area contributed by atoms with Gasteiger partial charge in [-0.2, -0.15) is 0 Å². The van der Waals surface area contributed by atoms with Gasteiger partial charge in [0.2, 0.25) is 0 Å². The van der Waals surface area contributed by atoms with Crippen LogP contribution in [0.25, 0.3) is 0 Å². The van der Waals surface area contributed by atoms with E-state index in [2.05, 4.69) is 0 Å². The Morgan fingerprint density at radius 3 is 2.50 bits per heavy atom. The summed E-state index contributed by atoms with van der Waals surface area (Å²) in [7, 11) is 3.15. The topological polar surface area (TPSA) is 81.9 Å². The van der Waals surface area contributed by atoms with Gasteiger partial charge in [0.1, 0.15) is 0 Å². The lowest BCUT2D eigenvalue weighted by Crippen LogP contribution is -2.26. The van der Waals surface area contributed by atoms with Crippen molar-refractivity contribution >= 4 is 11.7 Å². The Balaban J connectivity index is 2.58. The molecule has 0 aromatic heterocycles. The highest BCUT2D eigenvalue weighted by atomic mass is 16.7. The molecule has 0 atom stereocenters. The number of rotatable bonds is 6. The summed E-state index contributed by atoms with van der Waals surface area (Å²) in [5, 5.41) is 11.8. The van der Waals surface area contributed by atoms with E-state index < -0.39 is 10.9 Å². The van der Waals surface area contributed by atoms with Crippen LogP contribution in [0.1, 0.15) is 10.4 Å². The molecule has 0 unspecified atom stereocenters. The minimum Gasteiger partial charge on any atom is -0.383 e. The van der Waals surface area contributed by atoms with E-state index >= 15 is 0 Å². The first-order valence-corrected chi connectivity index (χ1v) is 5.21. The van der Waals surface area contributed by atoms with E-state index in [0.29, 0.717) is 13.2 Å². The number of carbonyl (C=O) groups is 1. The second-order valence-corrected chi connectivity index (χ2v) is 3.53. The summed E-state index contributed by atoms with van der Waals surface area (Å²) in [6, 6.07) is 5.22. The van der Waals surface area contributed by atoms with Crippen LogP contribution in [-0.4, -0.2) is 43.3 Å². The molecule has 0 bridgehead atoms. The molecule has 1 aromatic rings. The monoisotopic (exact) mass is 254 g/mol. The van der Waals surface area contributed by atoms with Gasteiger partial charge in [0.15, 0.2) is 0 Å². The van der Waals surface area contributed by atoms with E-state index in [0.717, 1.165) is 0 Å². The summed E-state index contributed by atoms with van der Waals surface area (Å²) in [6.07, 6.45) is 0. The van der Waals surface area contributed by atoms with Crippen LogP contribution >= 0.6 is 0 Å². The number of nitro groups is 1. The number of nitro benzene ring substituents is 1. The summed E-state index contributed by atoms with van der Waals surface area (Å²) >= 11 is 0. The molecular weight excluding hydrogens is 240 g/mol. The number of hydroxylamine groups is 2. The van der Waals surface area contributed by atoms with Gasteiger partial charge >= 0.3 is 5.97 Å². The average molecular weight is 254 g/mol. The largest absolute Gasteiger partial charge is 0.383 e. The van der Waals surface area contributed by atoms with Crippen molar-refractivity contribution in [2.45, 2.75) is 0 Å². The standard InChI is InChI=1S/C11H14N2O5/c1-12(7-8-17-2)18-11(14)9-3-5-10(6-4-9)13(15)16/h3-6H,7-8H2,1-2H3. The second-order valence-electron chi connectivity index (χ2n) is 3.53. The first-order valence-electron chi connectivity index (χ1n) is 5.21. The third-order valence-corrected chi connectivity index (χ3v) is 2.16. The third-order valence-electron chi connectivity index (χ3n) is 2.16. The molecule has 0 radical (unpaired) electrons. The van der Waals surface area contributed by atoms with Gasteiger partial charge in [-0.1, -0.05) is 0 Å². The van der Waals surface area contributed by atoms with Crippen LogP contribution in [0.15, 0.2) is 24.3 Å². The van der Waals surface area contributed by atoms with Gasteiger partial charge in [-0.25, -0.2) is 4.79 Å². The van der Waals surface area contributed by atoms with E-state index in [1.54, 1.807) is 14.2 Å². The van der Waals surface area contributed by atoms with Crippen molar-refractivity contribution in [2.75, 3.05) is 27.3 Å². The molecule has 0 aliphatic carbocycles. The van der Waals surface area contributed by atoms with Gasteiger partial charge in [0.25, 0.3) is 5.69 Å². The van der Waals surface area contributed by atoms with Crippen LogP contribution in [0, 0.1) is 10.1 Å². The van der Waals surface area contributed by atoms with Crippen LogP contribution in [0.3, 0.4) is 0 Å². The zero-order valence-electron chi connectivity index (χ0n) is 10.2. The van der Waals surface area contributed by atoms with Gasteiger partial charge in [-0.15, -0.1) is 5.06 Å². The molecule has 0 saturated carbocycles. The molecule has 0 spiro atoms. The first-order chi connectivity index (χ1) is 8.54. The fraction of sp³-hybridized carbons (Fsp3) is 0.364. The number of nitrogens with zero attached hydrogens (tertiary/aromatic N) is 2. The van der Waals surface area contributed by atoms with Gasteiger partial charge in [-0.05, 0) is 12.1 Å². The molecule has 7 heteroatoms. The van der Waals surface area contributed by atoms with E-state index in [4.69, 9.17) is 9.57 Å². The Morgan fingerprint density at radius 2 is 2.00 bits per heavy atom. The van der Waals surface area contributed by atoms with Crippen LogP contribution in [-0.2, 0) is 9.57 Å². The lowest BCUT2D eigenvalue weighted by atomic mass is 10.2. The molecule has 0 aliphatic heterocycles. The van der Waals surface area contributed by atoms with E-state index in [1.807, 2.05) is 0 Å². The number of hydrogen-bond donors (Lipinski definition) is 0. The molecule has 0 saturated heterocycles. The SMILES string of the molecule is COCCN(C)OC(=O)c1ccc([N+](=O)[O-])cc1. The Labute approximate surface area is 104 Å². The third kappa shape index (κ3) is 4.11. The number of methoxy groups -OCH3 is 1. The summed E-state index contributed by atoms with van der Waals surface area (Å²) in [6.45, 7) is 0.874. The molecule has 0 fully saturated rings. The minimum absolute atomic E-state index is 0.0701. The lowest BCUT2D eigenvalue weighted by molar-refractivity contribution is -0.384.